The van der Waals surface area contributed by atoms with Crippen molar-refractivity contribution in [1.29, 1.82) is 0 Å². The Kier molecular flexibility index (Phi) is 8.41. The fourth-order valence-electron chi connectivity index (χ4n) is 2.87. The third-order valence-corrected chi connectivity index (χ3v) is 4.45. The average Bonchev–Trinajstić information content (AvgIpc) is 2.85. The van der Waals surface area contributed by atoms with Gasteiger partial charge in [0.25, 0.3) is 0 Å². The van der Waals surface area contributed by atoms with Crippen LogP contribution in [-0.2, 0) is 16.2 Å². The van der Waals surface area contributed by atoms with Gasteiger partial charge in [0.1, 0.15) is 12.4 Å². The van der Waals surface area contributed by atoms with Gasteiger partial charge < -0.3 is 19.5 Å². The predicted molar refractivity (Wildman–Crippen MR) is 126 cm³/mol. The Morgan fingerprint density at radius 2 is 1.64 bits per heavy atom. The maximum Gasteiger partial charge on any atom is 0.329 e. The van der Waals surface area contributed by atoms with Crippen molar-refractivity contribution in [2.45, 2.75) is 13.5 Å². The number of carbonyl (C=O) groups excluding carboxylic acids is 2. The standard InChI is InChI=1S/C25H25N3O5/c1-3-32-21-12-8-7-11-20(21)27-24(29)25(30)28-26-16-19-13-14-22(23(15-19)31-2)33-17-18-9-5-4-6-10-18/h4-16H,3,17H2,1-2H3,(H,27,29)(H,28,30)/b26-16-. The van der Waals surface area contributed by atoms with E-state index < -0.39 is 11.8 Å². The van der Waals surface area contributed by atoms with Gasteiger partial charge in [0.2, 0.25) is 0 Å². The molecular formula is C25H25N3O5. The molecule has 0 saturated carbocycles. The van der Waals surface area contributed by atoms with Crippen molar-refractivity contribution in [2.24, 2.45) is 5.10 Å². The van der Waals surface area contributed by atoms with E-state index in [9.17, 15) is 9.59 Å². The normalized spacial score (nSPS) is 10.5. The number of amides is 2. The molecule has 0 radical (unpaired) electrons. The maximum absolute atomic E-state index is 12.2. The molecule has 0 unspecified atom stereocenters. The number of nitrogens with one attached hydrogen (secondary N) is 2. The van der Waals surface area contributed by atoms with E-state index >= 15 is 0 Å². The van der Waals surface area contributed by atoms with Gasteiger partial charge in [-0.15, -0.1) is 0 Å². The first-order valence-corrected chi connectivity index (χ1v) is 10.3. The number of hydrogen-bond acceptors (Lipinski definition) is 6. The summed E-state index contributed by atoms with van der Waals surface area (Å²) in [5.74, 6) is -0.193. The predicted octanol–water partition coefficient (Wildman–Crippen LogP) is 3.76. The monoisotopic (exact) mass is 447 g/mol. The summed E-state index contributed by atoms with van der Waals surface area (Å²) in [5.41, 5.74) is 4.30. The number of benzene rings is 3. The molecule has 2 amide bonds. The van der Waals surface area contributed by atoms with Crippen LogP contribution in [0.4, 0.5) is 5.69 Å². The molecule has 0 fully saturated rings. The van der Waals surface area contributed by atoms with Crippen molar-refractivity contribution < 1.29 is 23.8 Å². The van der Waals surface area contributed by atoms with Crippen LogP contribution in [-0.4, -0.2) is 31.7 Å². The molecule has 0 heterocycles. The number of nitrogens with zero attached hydrogens (tertiary/aromatic N) is 1. The number of para-hydroxylation sites is 2. The number of anilines is 1. The smallest absolute Gasteiger partial charge is 0.329 e. The summed E-state index contributed by atoms with van der Waals surface area (Å²) in [6, 6.07) is 21.9. The number of carbonyl (C=O) groups is 2. The molecule has 0 spiro atoms. The summed E-state index contributed by atoms with van der Waals surface area (Å²) >= 11 is 0. The van der Waals surface area contributed by atoms with Gasteiger partial charge in [-0.05, 0) is 48.4 Å². The maximum atomic E-state index is 12.2. The summed E-state index contributed by atoms with van der Waals surface area (Å²) in [4.78, 5) is 24.2. The van der Waals surface area contributed by atoms with E-state index in [0.29, 0.717) is 41.7 Å². The van der Waals surface area contributed by atoms with Gasteiger partial charge in [0, 0.05) is 0 Å². The molecule has 170 valence electrons. The number of methoxy groups -OCH3 is 1. The molecule has 0 aromatic heterocycles. The largest absolute Gasteiger partial charge is 0.493 e. The van der Waals surface area contributed by atoms with Gasteiger partial charge in [-0.1, -0.05) is 42.5 Å². The van der Waals surface area contributed by atoms with Crippen molar-refractivity contribution in [3.63, 3.8) is 0 Å². The third-order valence-electron chi connectivity index (χ3n) is 4.45. The lowest BCUT2D eigenvalue weighted by molar-refractivity contribution is -0.136. The number of ether oxygens (including phenoxy) is 3. The first-order chi connectivity index (χ1) is 16.1. The lowest BCUT2D eigenvalue weighted by atomic mass is 10.2. The van der Waals surface area contributed by atoms with Crippen molar-refractivity contribution in [3.8, 4) is 17.2 Å². The molecule has 3 aromatic rings. The van der Waals surface area contributed by atoms with E-state index in [0.717, 1.165) is 5.56 Å². The molecule has 0 bridgehead atoms. The topological polar surface area (TPSA) is 98.2 Å². The number of hydrogen-bond donors (Lipinski definition) is 2. The molecule has 3 aromatic carbocycles. The molecule has 8 nitrogen and oxygen atoms in total. The molecule has 0 saturated heterocycles. The Balaban J connectivity index is 1.57. The Hall–Kier alpha value is -4.33. The fraction of sp³-hybridized carbons (Fsp3) is 0.160. The second kappa shape index (κ2) is 11.9. The third kappa shape index (κ3) is 6.83. The number of rotatable bonds is 9. The summed E-state index contributed by atoms with van der Waals surface area (Å²) in [6.45, 7) is 2.67. The highest BCUT2D eigenvalue weighted by Gasteiger charge is 2.15. The molecule has 3 rings (SSSR count). The highest BCUT2D eigenvalue weighted by atomic mass is 16.5. The molecule has 33 heavy (non-hydrogen) atoms. The lowest BCUT2D eigenvalue weighted by Crippen LogP contribution is -2.32. The van der Waals surface area contributed by atoms with E-state index in [1.165, 1.54) is 13.3 Å². The van der Waals surface area contributed by atoms with E-state index in [2.05, 4.69) is 15.8 Å². The second-order valence-electron chi connectivity index (χ2n) is 6.77. The quantitative estimate of drug-likeness (QED) is 0.296. The zero-order valence-electron chi connectivity index (χ0n) is 18.4. The summed E-state index contributed by atoms with van der Waals surface area (Å²) in [5, 5.41) is 6.36. The van der Waals surface area contributed by atoms with Crippen LogP contribution in [0.25, 0.3) is 0 Å². The fourth-order valence-corrected chi connectivity index (χ4v) is 2.87. The Labute approximate surface area is 192 Å². The van der Waals surface area contributed by atoms with Gasteiger partial charge in [-0.2, -0.15) is 5.10 Å². The van der Waals surface area contributed by atoms with Gasteiger partial charge in [-0.25, -0.2) is 5.43 Å². The van der Waals surface area contributed by atoms with Crippen LogP contribution >= 0.6 is 0 Å². The lowest BCUT2D eigenvalue weighted by Gasteiger charge is -2.11. The second-order valence-corrected chi connectivity index (χ2v) is 6.77. The molecule has 0 aliphatic carbocycles. The number of hydrazone groups is 1. The average molecular weight is 447 g/mol. The van der Waals surface area contributed by atoms with Crippen LogP contribution in [0.15, 0.2) is 77.9 Å². The van der Waals surface area contributed by atoms with Crippen molar-refractivity contribution in [3.05, 3.63) is 83.9 Å². The van der Waals surface area contributed by atoms with Gasteiger partial charge in [0.15, 0.2) is 11.5 Å². The minimum absolute atomic E-state index is 0.402. The summed E-state index contributed by atoms with van der Waals surface area (Å²) in [6.07, 6.45) is 1.41. The Morgan fingerprint density at radius 3 is 2.39 bits per heavy atom. The molecule has 0 atom stereocenters. The zero-order chi connectivity index (χ0) is 23.5. The first-order valence-electron chi connectivity index (χ1n) is 10.3. The first kappa shape index (κ1) is 23.3. The van der Waals surface area contributed by atoms with Crippen molar-refractivity contribution in [2.75, 3.05) is 19.0 Å². The van der Waals surface area contributed by atoms with E-state index in [4.69, 9.17) is 14.2 Å². The highest BCUT2D eigenvalue weighted by Crippen LogP contribution is 2.28. The summed E-state index contributed by atoms with van der Waals surface area (Å²) in [7, 11) is 1.54. The van der Waals surface area contributed by atoms with Crippen molar-refractivity contribution >= 4 is 23.7 Å². The van der Waals surface area contributed by atoms with Crippen LogP contribution in [0.3, 0.4) is 0 Å². The van der Waals surface area contributed by atoms with Crippen LogP contribution in [0, 0.1) is 0 Å². The molecule has 0 aliphatic rings. The van der Waals surface area contributed by atoms with Gasteiger partial charge in [-0.3, -0.25) is 9.59 Å². The van der Waals surface area contributed by atoms with Crippen LogP contribution in [0.5, 0.6) is 17.2 Å². The van der Waals surface area contributed by atoms with Crippen LogP contribution < -0.4 is 25.0 Å². The Bertz CT molecular complexity index is 1120. The van der Waals surface area contributed by atoms with Gasteiger partial charge in [0.05, 0.1) is 25.6 Å². The summed E-state index contributed by atoms with van der Waals surface area (Å²) < 4.78 is 16.6. The molecule has 0 aliphatic heterocycles. The zero-order valence-corrected chi connectivity index (χ0v) is 18.4. The molecule has 2 N–H and O–H groups in total. The van der Waals surface area contributed by atoms with E-state index in [1.54, 1.807) is 42.5 Å². The van der Waals surface area contributed by atoms with Crippen molar-refractivity contribution in [1.82, 2.24) is 5.43 Å². The Morgan fingerprint density at radius 1 is 0.879 bits per heavy atom. The van der Waals surface area contributed by atoms with E-state index in [1.807, 2.05) is 37.3 Å². The molecular weight excluding hydrogens is 422 g/mol. The van der Waals surface area contributed by atoms with E-state index in [-0.39, 0.29) is 0 Å². The minimum Gasteiger partial charge on any atom is -0.493 e. The highest BCUT2D eigenvalue weighted by molar-refractivity contribution is 6.39. The van der Waals surface area contributed by atoms with Crippen LogP contribution in [0.1, 0.15) is 18.1 Å². The van der Waals surface area contributed by atoms with Crippen LogP contribution in [0.2, 0.25) is 0 Å². The van der Waals surface area contributed by atoms with Gasteiger partial charge >= 0.3 is 11.8 Å². The minimum atomic E-state index is -0.910. The molecule has 8 heteroatoms. The SMILES string of the molecule is CCOc1ccccc1NC(=O)C(=O)N/N=C\c1ccc(OCc2ccccc2)c(OC)c1.